The fraction of sp³-hybridized carbons (Fsp3) is 0.500. The number of hydrogen-bond donors (Lipinski definition) is 8. The Labute approximate surface area is 117 Å². The van der Waals surface area contributed by atoms with Crippen LogP contribution in [0.1, 0.15) is 12.8 Å². The maximum Gasteiger partial charge on any atom is 0.692 e. The summed E-state index contributed by atoms with van der Waals surface area (Å²) in [4.78, 5) is 59.0. The van der Waals surface area contributed by atoms with Crippen LogP contribution in [0.2, 0.25) is 0 Å². The van der Waals surface area contributed by atoms with Crippen LogP contribution in [0.5, 0.6) is 0 Å². The summed E-state index contributed by atoms with van der Waals surface area (Å²) in [6.07, 6.45) is -2.29. The van der Waals surface area contributed by atoms with Crippen molar-refractivity contribution in [1.29, 1.82) is 0 Å². The number of aliphatic carboxylic acids is 3. The SMILES string of the molecule is O=C(O)CC(O)(CC(=O)O)C(=O)O.O=[P+](O)O.O=[P+](O)O. The minimum absolute atomic E-state index is 1.14. The molecule has 0 fully saturated rings. The van der Waals surface area contributed by atoms with Gasteiger partial charge in [0, 0.05) is 9.13 Å². The van der Waals surface area contributed by atoms with E-state index in [2.05, 4.69) is 0 Å². The van der Waals surface area contributed by atoms with Crippen LogP contribution >= 0.6 is 16.5 Å². The number of aliphatic hydroxyl groups is 1. The molecule has 13 nitrogen and oxygen atoms in total. The van der Waals surface area contributed by atoms with Crippen molar-refractivity contribution in [1.82, 2.24) is 0 Å². The summed E-state index contributed by atoms with van der Waals surface area (Å²) in [7, 11) is -5.74. The second-order valence-electron chi connectivity index (χ2n) is 2.98. The van der Waals surface area contributed by atoms with Crippen molar-refractivity contribution in [3.05, 3.63) is 0 Å². The van der Waals surface area contributed by atoms with Crippen LogP contribution in [0, 0.1) is 0 Å². The van der Waals surface area contributed by atoms with Crippen molar-refractivity contribution in [2.75, 3.05) is 0 Å². The van der Waals surface area contributed by atoms with Gasteiger partial charge in [-0.15, -0.1) is 19.6 Å². The Bertz CT molecular complexity index is 367. The fourth-order valence-corrected chi connectivity index (χ4v) is 0.714. The summed E-state index contributed by atoms with van der Waals surface area (Å²) >= 11 is 0. The van der Waals surface area contributed by atoms with Crippen LogP contribution in [0.4, 0.5) is 0 Å². The molecule has 0 saturated heterocycles. The molecule has 0 unspecified atom stereocenters. The summed E-state index contributed by atoms with van der Waals surface area (Å²) in [5, 5.41) is 33.8. The third-order valence-corrected chi connectivity index (χ3v) is 1.29. The van der Waals surface area contributed by atoms with E-state index in [1.807, 2.05) is 0 Å². The van der Waals surface area contributed by atoms with Gasteiger partial charge < -0.3 is 20.4 Å². The van der Waals surface area contributed by atoms with Crippen LogP contribution in [0.15, 0.2) is 0 Å². The molecule has 0 aliphatic rings. The molecule has 21 heavy (non-hydrogen) atoms. The van der Waals surface area contributed by atoms with Gasteiger partial charge in [0.2, 0.25) is 0 Å². The molecule has 0 aliphatic carbocycles. The summed E-state index contributed by atoms with van der Waals surface area (Å²) in [5.41, 5.74) is -2.74. The first-order valence-corrected chi connectivity index (χ1v) is 6.67. The number of hydrogen-bond acceptors (Lipinski definition) is 6. The lowest BCUT2D eigenvalue weighted by Crippen LogP contribution is -2.42. The third-order valence-electron chi connectivity index (χ3n) is 1.29. The number of rotatable bonds is 5. The molecule has 8 N–H and O–H groups in total. The molecule has 0 atom stereocenters. The molecule has 15 heteroatoms. The van der Waals surface area contributed by atoms with Gasteiger partial charge in [-0.1, -0.05) is 0 Å². The Morgan fingerprint density at radius 3 is 1.05 bits per heavy atom. The van der Waals surface area contributed by atoms with Crippen molar-refractivity contribution < 1.29 is 63.5 Å². The summed E-state index contributed by atoms with van der Waals surface area (Å²) in [5.74, 6) is -5.02. The van der Waals surface area contributed by atoms with Crippen LogP contribution < -0.4 is 0 Å². The molecule has 0 radical (unpaired) electrons. The zero-order valence-electron chi connectivity index (χ0n) is 9.93. The Morgan fingerprint density at radius 1 is 0.762 bits per heavy atom. The highest BCUT2D eigenvalue weighted by Crippen LogP contribution is 2.15. The minimum Gasteiger partial charge on any atom is -0.481 e. The predicted molar refractivity (Wildman–Crippen MR) is 61.2 cm³/mol. The standard InChI is InChI=1S/C6H8O7.2HO3P/c7-3(8)1-6(13,5(11)12)2-4(9)10;2*1-4(2)3/h13H,1-2H2,(H,7,8)(H,9,10)(H,11,12);2*(H-,1,2,3)/p+2. The Hall–Kier alpha value is -1.59. The highest BCUT2D eigenvalue weighted by Gasteiger charge is 2.40. The van der Waals surface area contributed by atoms with Crippen molar-refractivity contribution in [2.45, 2.75) is 18.4 Å². The molecule has 122 valence electrons. The molecule has 0 heterocycles. The molecule has 0 aliphatic heterocycles. The average molecular weight is 354 g/mol. The Kier molecular flexibility index (Phi) is 14.2. The van der Waals surface area contributed by atoms with Gasteiger partial charge in [-0.3, -0.25) is 9.59 Å². The Morgan fingerprint density at radius 2 is 0.952 bits per heavy atom. The van der Waals surface area contributed by atoms with Crippen molar-refractivity contribution in [2.24, 2.45) is 0 Å². The summed E-state index contributed by atoms with van der Waals surface area (Å²) < 4.78 is 17.4. The maximum atomic E-state index is 10.3. The molecule has 0 bridgehead atoms. The second-order valence-corrected chi connectivity index (χ2v) is 3.99. The molecule has 0 aromatic rings. The molecule has 0 amide bonds. The molecule has 0 aromatic carbocycles. The first-order chi connectivity index (χ1) is 9.24. The van der Waals surface area contributed by atoms with Crippen LogP contribution in [-0.4, -0.2) is 63.5 Å². The predicted octanol–water partition coefficient (Wildman–Crippen LogP) is -1.99. The zero-order valence-corrected chi connectivity index (χ0v) is 11.7. The molecule has 0 spiro atoms. The highest BCUT2D eigenvalue weighted by molar-refractivity contribution is 7.31. The average Bonchev–Trinajstić information content (AvgIpc) is 2.11. The maximum absolute atomic E-state index is 10.3. The van der Waals surface area contributed by atoms with E-state index in [4.69, 9.17) is 49.1 Å². The normalized spacial score (nSPS) is 9.19. The lowest BCUT2D eigenvalue weighted by molar-refractivity contribution is -0.170. The van der Waals surface area contributed by atoms with Gasteiger partial charge >= 0.3 is 34.4 Å². The number of carboxylic acids is 3. The largest absolute Gasteiger partial charge is 0.692 e. The van der Waals surface area contributed by atoms with Gasteiger partial charge in [-0.2, -0.15) is 0 Å². The van der Waals surface area contributed by atoms with Gasteiger partial charge in [-0.05, 0) is 0 Å². The van der Waals surface area contributed by atoms with E-state index in [1.165, 1.54) is 0 Å². The van der Waals surface area contributed by atoms with Gasteiger partial charge in [0.15, 0.2) is 5.60 Å². The second kappa shape index (κ2) is 12.2. The topological polar surface area (TPSA) is 247 Å². The monoisotopic (exact) mass is 354 g/mol. The first-order valence-electron chi connectivity index (χ1n) is 4.34. The molecule has 0 saturated carbocycles. The van der Waals surface area contributed by atoms with Gasteiger partial charge in [-0.25, -0.2) is 4.79 Å². The molecular formula is C6H12O13P2+2. The number of carbonyl (C=O) groups is 3. The quantitative estimate of drug-likeness (QED) is 0.249. The van der Waals surface area contributed by atoms with E-state index in [9.17, 15) is 14.4 Å². The molecular weight excluding hydrogens is 342 g/mol. The lowest BCUT2D eigenvalue weighted by Gasteiger charge is -2.18. The third kappa shape index (κ3) is 23.9. The van der Waals surface area contributed by atoms with Crippen LogP contribution in [-0.2, 0) is 23.5 Å². The lowest BCUT2D eigenvalue weighted by atomic mass is 9.96. The van der Waals surface area contributed by atoms with Gasteiger partial charge in [0.05, 0.1) is 12.8 Å². The first kappa shape index (κ1) is 24.4. The van der Waals surface area contributed by atoms with Crippen LogP contribution in [0.25, 0.3) is 0 Å². The van der Waals surface area contributed by atoms with Gasteiger partial charge in [0.1, 0.15) is 0 Å². The molecule has 0 rings (SSSR count). The van der Waals surface area contributed by atoms with Gasteiger partial charge in [0.25, 0.3) is 0 Å². The van der Waals surface area contributed by atoms with E-state index in [0.29, 0.717) is 0 Å². The van der Waals surface area contributed by atoms with E-state index >= 15 is 0 Å². The van der Waals surface area contributed by atoms with Crippen molar-refractivity contribution in [3.8, 4) is 0 Å². The van der Waals surface area contributed by atoms with Crippen molar-refractivity contribution >= 4 is 34.4 Å². The molecule has 0 aromatic heterocycles. The van der Waals surface area contributed by atoms with Crippen LogP contribution in [0.3, 0.4) is 0 Å². The van der Waals surface area contributed by atoms with E-state index < -0.39 is 52.9 Å². The Balaban J connectivity index is -0.000000334. The minimum atomic E-state index is -2.87. The smallest absolute Gasteiger partial charge is 0.481 e. The van der Waals surface area contributed by atoms with Crippen molar-refractivity contribution in [3.63, 3.8) is 0 Å². The van der Waals surface area contributed by atoms with E-state index in [0.717, 1.165) is 0 Å². The summed E-state index contributed by atoms with van der Waals surface area (Å²) in [6, 6.07) is 0. The summed E-state index contributed by atoms with van der Waals surface area (Å²) in [6.45, 7) is 0. The number of carboxylic acid groups (broad SMARTS) is 3. The fourth-order valence-electron chi connectivity index (χ4n) is 0.714. The van der Waals surface area contributed by atoms with E-state index in [1.54, 1.807) is 0 Å². The van der Waals surface area contributed by atoms with E-state index in [-0.39, 0.29) is 0 Å². The zero-order chi connectivity index (χ0) is 17.8. The highest BCUT2D eigenvalue weighted by atomic mass is 31.1.